The average Bonchev–Trinajstić information content (AvgIpc) is 2.94. The van der Waals surface area contributed by atoms with E-state index in [1.165, 1.54) is 0 Å². The lowest BCUT2D eigenvalue weighted by Gasteiger charge is -2.26. The predicted octanol–water partition coefficient (Wildman–Crippen LogP) is 1.57. The van der Waals surface area contributed by atoms with Crippen LogP contribution in [0.15, 0.2) is 35.2 Å². The number of benzene rings is 1. The maximum absolute atomic E-state index is 12.2. The zero-order valence-electron chi connectivity index (χ0n) is 11.2. The van der Waals surface area contributed by atoms with Gasteiger partial charge >= 0.3 is 0 Å². The van der Waals surface area contributed by atoms with Crippen LogP contribution in [0.3, 0.4) is 0 Å². The lowest BCUT2D eigenvalue weighted by atomic mass is 10.1. The molecule has 1 heterocycles. The summed E-state index contributed by atoms with van der Waals surface area (Å²) in [7, 11) is -3.36. The Morgan fingerprint density at radius 3 is 2.35 bits per heavy atom. The van der Waals surface area contributed by atoms with Crippen molar-refractivity contribution in [2.45, 2.75) is 29.9 Å². The molecule has 0 unspecified atom stereocenters. The van der Waals surface area contributed by atoms with Gasteiger partial charge in [-0.15, -0.1) is 0 Å². The Morgan fingerprint density at radius 2 is 1.75 bits per heavy atom. The van der Waals surface area contributed by atoms with Crippen molar-refractivity contribution in [1.82, 2.24) is 0 Å². The second-order valence-corrected chi connectivity index (χ2v) is 6.80. The van der Waals surface area contributed by atoms with Gasteiger partial charge in [-0.25, -0.2) is 8.42 Å². The fraction of sp³-hybridized carbons (Fsp3) is 0.500. The van der Waals surface area contributed by atoms with Gasteiger partial charge in [-0.3, -0.25) is 0 Å². The highest BCUT2D eigenvalue weighted by Crippen LogP contribution is 2.29. The summed E-state index contributed by atoms with van der Waals surface area (Å²) in [6.45, 7) is 0.870. The molecule has 0 N–H and O–H groups in total. The molecule has 0 aromatic heterocycles. The fourth-order valence-electron chi connectivity index (χ4n) is 2.23. The van der Waals surface area contributed by atoms with E-state index in [2.05, 4.69) is 0 Å². The van der Waals surface area contributed by atoms with Gasteiger partial charge in [0.1, 0.15) is 6.29 Å². The first-order valence-corrected chi connectivity index (χ1v) is 8.23. The molecule has 6 heteroatoms. The van der Waals surface area contributed by atoms with Crippen LogP contribution in [0.2, 0.25) is 0 Å². The third kappa shape index (κ3) is 3.65. The zero-order valence-corrected chi connectivity index (χ0v) is 12.0. The van der Waals surface area contributed by atoms with E-state index in [1.807, 2.05) is 0 Å². The van der Waals surface area contributed by atoms with Crippen molar-refractivity contribution in [3.8, 4) is 0 Å². The molecule has 5 nitrogen and oxygen atoms in total. The molecule has 1 aromatic carbocycles. The predicted molar refractivity (Wildman–Crippen MR) is 73.0 cm³/mol. The van der Waals surface area contributed by atoms with Crippen molar-refractivity contribution >= 4 is 16.1 Å². The third-order valence-corrected chi connectivity index (χ3v) is 5.04. The van der Waals surface area contributed by atoms with E-state index >= 15 is 0 Å². The molecule has 0 radical (unpaired) electrons. The van der Waals surface area contributed by atoms with Crippen LogP contribution in [-0.4, -0.2) is 39.5 Å². The summed E-state index contributed by atoms with van der Waals surface area (Å²) < 4.78 is 35.5. The number of carbonyl (C=O) groups is 1. The SMILES string of the molecule is O=CCCC1(CCS(=O)(=O)c2ccccc2)OCCO1. The van der Waals surface area contributed by atoms with E-state index in [-0.39, 0.29) is 12.2 Å². The largest absolute Gasteiger partial charge is 0.347 e. The van der Waals surface area contributed by atoms with E-state index < -0.39 is 15.6 Å². The van der Waals surface area contributed by atoms with Gasteiger partial charge in [-0.1, -0.05) is 18.2 Å². The number of hydrogen-bond donors (Lipinski definition) is 0. The van der Waals surface area contributed by atoms with Crippen molar-refractivity contribution in [3.05, 3.63) is 30.3 Å². The smallest absolute Gasteiger partial charge is 0.178 e. The molecule has 0 spiro atoms. The third-order valence-electron chi connectivity index (χ3n) is 3.31. The number of carbonyl (C=O) groups excluding carboxylic acids is 1. The zero-order chi connectivity index (χ0) is 14.5. The van der Waals surface area contributed by atoms with E-state index in [9.17, 15) is 13.2 Å². The van der Waals surface area contributed by atoms with Gasteiger partial charge in [0, 0.05) is 19.3 Å². The normalized spacial score (nSPS) is 18.0. The Morgan fingerprint density at radius 1 is 1.10 bits per heavy atom. The quantitative estimate of drug-likeness (QED) is 0.715. The highest BCUT2D eigenvalue weighted by atomic mass is 32.2. The first-order valence-electron chi connectivity index (χ1n) is 6.57. The Balaban J connectivity index is 2.04. The highest BCUT2D eigenvalue weighted by molar-refractivity contribution is 7.91. The molecule has 1 aromatic rings. The second kappa shape index (κ2) is 6.47. The minimum Gasteiger partial charge on any atom is -0.347 e. The van der Waals surface area contributed by atoms with E-state index in [0.717, 1.165) is 6.29 Å². The van der Waals surface area contributed by atoms with Gasteiger partial charge in [0.25, 0.3) is 0 Å². The van der Waals surface area contributed by atoms with Gasteiger partial charge in [0.2, 0.25) is 0 Å². The van der Waals surface area contributed by atoms with Crippen LogP contribution in [0.25, 0.3) is 0 Å². The highest BCUT2D eigenvalue weighted by Gasteiger charge is 2.37. The van der Waals surface area contributed by atoms with Gasteiger partial charge in [0.15, 0.2) is 15.6 Å². The van der Waals surface area contributed by atoms with Crippen LogP contribution >= 0.6 is 0 Å². The maximum atomic E-state index is 12.2. The summed E-state index contributed by atoms with van der Waals surface area (Å²) in [6, 6.07) is 8.30. The van der Waals surface area contributed by atoms with Crippen molar-refractivity contribution in [2.75, 3.05) is 19.0 Å². The molecule has 1 saturated heterocycles. The molecular weight excluding hydrogens is 280 g/mol. The molecule has 1 aliphatic heterocycles. The molecule has 0 amide bonds. The molecule has 20 heavy (non-hydrogen) atoms. The average molecular weight is 298 g/mol. The van der Waals surface area contributed by atoms with Crippen molar-refractivity contribution < 1.29 is 22.7 Å². The van der Waals surface area contributed by atoms with E-state index in [4.69, 9.17) is 9.47 Å². The maximum Gasteiger partial charge on any atom is 0.178 e. The summed E-state index contributed by atoms with van der Waals surface area (Å²) in [5, 5.41) is 0. The van der Waals surface area contributed by atoms with Crippen LogP contribution in [-0.2, 0) is 24.1 Å². The summed E-state index contributed by atoms with van der Waals surface area (Å²) in [4.78, 5) is 10.8. The molecule has 0 bridgehead atoms. The molecule has 0 aliphatic carbocycles. The Labute approximate surface area is 118 Å². The van der Waals surface area contributed by atoms with Crippen molar-refractivity contribution in [1.29, 1.82) is 0 Å². The molecule has 0 saturated carbocycles. The molecule has 2 rings (SSSR count). The lowest BCUT2D eigenvalue weighted by Crippen LogP contribution is -2.33. The van der Waals surface area contributed by atoms with Crippen LogP contribution in [0, 0.1) is 0 Å². The van der Waals surface area contributed by atoms with Crippen LogP contribution < -0.4 is 0 Å². The van der Waals surface area contributed by atoms with Gasteiger partial charge in [0.05, 0.1) is 23.9 Å². The Bertz CT molecular complexity index is 532. The monoisotopic (exact) mass is 298 g/mol. The number of ether oxygens (including phenoxy) is 2. The summed E-state index contributed by atoms with van der Waals surface area (Å²) in [5.74, 6) is -0.987. The van der Waals surface area contributed by atoms with Crippen LogP contribution in [0.1, 0.15) is 19.3 Å². The summed E-state index contributed by atoms with van der Waals surface area (Å²) in [6.07, 6.45) is 1.71. The number of sulfone groups is 1. The first-order chi connectivity index (χ1) is 9.58. The molecule has 0 atom stereocenters. The molecule has 110 valence electrons. The molecule has 1 fully saturated rings. The van der Waals surface area contributed by atoms with E-state index in [0.29, 0.717) is 31.0 Å². The van der Waals surface area contributed by atoms with Crippen molar-refractivity contribution in [2.24, 2.45) is 0 Å². The number of aldehydes is 1. The standard InChI is InChI=1S/C14H18O5S/c15-9-4-7-14(18-10-11-19-14)8-12-20(16,17)13-5-2-1-3-6-13/h1-3,5-6,9H,4,7-8,10-12H2. The summed E-state index contributed by atoms with van der Waals surface area (Å²) in [5.41, 5.74) is 0. The minimum atomic E-state index is -3.36. The van der Waals surface area contributed by atoms with Gasteiger partial charge in [-0.2, -0.15) is 0 Å². The second-order valence-electron chi connectivity index (χ2n) is 4.69. The van der Waals surface area contributed by atoms with Crippen LogP contribution in [0.5, 0.6) is 0 Å². The number of hydrogen-bond acceptors (Lipinski definition) is 5. The Kier molecular flexibility index (Phi) is 4.91. The van der Waals surface area contributed by atoms with Crippen molar-refractivity contribution in [3.63, 3.8) is 0 Å². The fourth-order valence-corrected chi connectivity index (χ4v) is 3.61. The lowest BCUT2D eigenvalue weighted by molar-refractivity contribution is -0.164. The van der Waals surface area contributed by atoms with Crippen LogP contribution in [0.4, 0.5) is 0 Å². The van der Waals surface area contributed by atoms with Gasteiger partial charge in [-0.05, 0) is 12.1 Å². The topological polar surface area (TPSA) is 69.7 Å². The van der Waals surface area contributed by atoms with Gasteiger partial charge < -0.3 is 14.3 Å². The van der Waals surface area contributed by atoms with E-state index in [1.54, 1.807) is 30.3 Å². The minimum absolute atomic E-state index is 0.0597. The number of rotatable bonds is 7. The first kappa shape index (κ1) is 15.2. The Hall–Kier alpha value is -1.24. The summed E-state index contributed by atoms with van der Waals surface area (Å²) >= 11 is 0. The molecule has 1 aliphatic rings. The molecular formula is C14H18O5S.